The molecule has 0 spiro atoms. The van der Waals surface area contributed by atoms with Crippen LogP contribution in [0.25, 0.3) is 0 Å². The van der Waals surface area contributed by atoms with Crippen molar-refractivity contribution in [1.82, 2.24) is 0 Å². The summed E-state index contributed by atoms with van der Waals surface area (Å²) in [5.41, 5.74) is 2.61. The lowest BCUT2D eigenvalue weighted by Crippen LogP contribution is -1.86. The average molecular weight is 212 g/mol. The van der Waals surface area contributed by atoms with Gasteiger partial charge in [-0.05, 0) is 36.1 Å². The zero-order chi connectivity index (χ0) is 8.27. The normalized spacial score (nSPS) is 10.1. The lowest BCUT2D eigenvalue weighted by Gasteiger charge is -2.02. The van der Waals surface area contributed by atoms with Crippen LogP contribution in [-0.4, -0.2) is 0 Å². The van der Waals surface area contributed by atoms with E-state index in [1.54, 1.807) is 0 Å². The molecule has 1 heteroatoms. The largest absolute Gasteiger partial charge is 0.0613 e. The molecule has 0 unspecified atom stereocenters. The van der Waals surface area contributed by atoms with Gasteiger partial charge in [-0.25, -0.2) is 0 Å². The fourth-order valence-corrected chi connectivity index (χ4v) is 1.70. The summed E-state index contributed by atoms with van der Waals surface area (Å²) in [5.74, 6) is 0. The summed E-state index contributed by atoms with van der Waals surface area (Å²) in [6.07, 6.45) is 2.13. The zero-order valence-corrected chi connectivity index (χ0v) is 8.53. The summed E-state index contributed by atoms with van der Waals surface area (Å²) in [4.78, 5) is 0. The Morgan fingerprint density at radius 3 is 2.55 bits per heavy atom. The average Bonchev–Trinajstić information content (AvgIpc) is 2.04. The Bertz CT molecular complexity index is 241. The molecule has 0 atom stereocenters. The maximum atomic E-state index is 3.52. The van der Waals surface area contributed by atoms with Crippen LogP contribution < -0.4 is 0 Å². The number of hydrogen-bond acceptors (Lipinski definition) is 0. The third-order valence-corrected chi connectivity index (χ3v) is 2.50. The number of benzene rings is 1. The first-order valence-electron chi connectivity index (χ1n) is 3.97. The summed E-state index contributed by atoms with van der Waals surface area (Å²) >= 11 is 3.52. The molecular weight excluding hydrogens is 200 g/mol. The van der Waals surface area contributed by atoms with E-state index >= 15 is 0 Å². The Morgan fingerprint density at radius 1 is 1.36 bits per heavy atom. The summed E-state index contributed by atoms with van der Waals surface area (Å²) in [6.45, 7) is 4.30. The van der Waals surface area contributed by atoms with Crippen LogP contribution in [0.2, 0.25) is 0 Å². The molecule has 11 heavy (non-hydrogen) atoms. The Kier molecular flexibility index (Phi) is 3.13. The minimum atomic E-state index is 1.05. The third-order valence-electron chi connectivity index (χ3n) is 1.79. The van der Waals surface area contributed by atoms with Crippen LogP contribution in [0.5, 0.6) is 0 Å². The van der Waals surface area contributed by atoms with Gasteiger partial charge in [0.15, 0.2) is 0 Å². The van der Waals surface area contributed by atoms with E-state index in [0.29, 0.717) is 0 Å². The van der Waals surface area contributed by atoms with Gasteiger partial charge >= 0.3 is 0 Å². The van der Waals surface area contributed by atoms with E-state index in [1.165, 1.54) is 15.6 Å². The van der Waals surface area contributed by atoms with Crippen LogP contribution in [0.4, 0.5) is 0 Å². The topological polar surface area (TPSA) is 0 Å². The van der Waals surface area contributed by atoms with Gasteiger partial charge in [0, 0.05) is 4.47 Å². The first kappa shape index (κ1) is 8.79. The molecule has 0 bridgehead atoms. The highest BCUT2D eigenvalue weighted by molar-refractivity contribution is 9.10. The molecule has 1 aromatic rings. The van der Waals surface area contributed by atoms with Gasteiger partial charge in [-0.1, -0.05) is 35.8 Å². The van der Waals surface area contributed by atoms with Gasteiger partial charge in [-0.2, -0.15) is 0 Å². The van der Waals surface area contributed by atoms with Crippen LogP contribution in [0.3, 0.4) is 0 Å². The van der Waals surface area contributed by atoms with E-state index in [2.05, 4.69) is 48.0 Å². The fourth-order valence-electron chi connectivity index (χ4n) is 1.02. The van der Waals surface area contributed by atoms with Crippen molar-refractivity contribution in [3.05, 3.63) is 33.8 Å². The number of hydrogen-bond donors (Lipinski definition) is 0. The lowest BCUT2D eigenvalue weighted by atomic mass is 10.1. The first-order valence-corrected chi connectivity index (χ1v) is 4.76. The maximum absolute atomic E-state index is 3.52. The van der Waals surface area contributed by atoms with Crippen molar-refractivity contribution in [3.63, 3.8) is 0 Å². The molecule has 0 fully saturated rings. The van der Waals surface area contributed by atoms with Crippen molar-refractivity contribution in [2.24, 2.45) is 0 Å². The van der Waals surface area contributed by atoms with Crippen LogP contribution >= 0.6 is 15.9 Å². The summed E-state index contributed by atoms with van der Waals surface area (Å²) in [7, 11) is 0. The molecule has 0 aromatic heterocycles. The fraction of sp³-hybridized carbons (Fsp3) is 0.400. The van der Waals surface area contributed by atoms with Crippen molar-refractivity contribution in [3.8, 4) is 0 Å². The predicted octanol–water partition coefficient (Wildman–Crippen LogP) is 3.37. The van der Waals surface area contributed by atoms with Gasteiger partial charge in [0.2, 0.25) is 0 Å². The first-order chi connectivity index (χ1) is 5.27. The van der Waals surface area contributed by atoms with E-state index in [1.807, 2.05) is 0 Å². The maximum Gasteiger partial charge on any atom is 0.0216 e. The molecule has 0 saturated carbocycles. The minimum absolute atomic E-state index is 1.05. The molecule has 0 nitrogen and oxygen atoms in total. The van der Waals surface area contributed by atoms with Crippen molar-refractivity contribution in [1.29, 1.82) is 0 Å². The molecule has 59 valence electrons. The Labute approximate surface area is 76.8 Å². The minimum Gasteiger partial charge on any atom is -0.0613 e. The van der Waals surface area contributed by atoms with Gasteiger partial charge in [0.1, 0.15) is 0 Å². The van der Waals surface area contributed by atoms with E-state index in [0.717, 1.165) is 12.8 Å². The number of aryl methyl sites for hydroxylation is 2. The van der Waals surface area contributed by atoms with Crippen LogP contribution in [0.15, 0.2) is 16.6 Å². The molecule has 0 saturated heterocycles. The van der Waals surface area contributed by atoms with Crippen molar-refractivity contribution in [2.75, 3.05) is 0 Å². The zero-order valence-electron chi connectivity index (χ0n) is 6.95. The van der Waals surface area contributed by atoms with Crippen LogP contribution in [0, 0.1) is 6.07 Å². The molecule has 0 aliphatic heterocycles. The van der Waals surface area contributed by atoms with Crippen molar-refractivity contribution < 1.29 is 0 Å². The SMILES string of the molecule is CCc1c[c]c(CC)c(Br)c1. The highest BCUT2D eigenvalue weighted by Crippen LogP contribution is 2.18. The summed E-state index contributed by atoms with van der Waals surface area (Å²) < 4.78 is 1.19. The second-order valence-corrected chi connectivity index (χ2v) is 3.40. The molecular formula is C10H12Br. The molecule has 0 heterocycles. The number of halogens is 1. The van der Waals surface area contributed by atoms with E-state index in [-0.39, 0.29) is 0 Å². The van der Waals surface area contributed by atoms with Gasteiger partial charge in [-0.15, -0.1) is 0 Å². The molecule has 1 radical (unpaired) electrons. The second kappa shape index (κ2) is 3.91. The van der Waals surface area contributed by atoms with E-state index < -0.39 is 0 Å². The summed E-state index contributed by atoms with van der Waals surface area (Å²) in [5, 5.41) is 0. The Hall–Kier alpha value is -0.300. The third kappa shape index (κ3) is 2.06. The van der Waals surface area contributed by atoms with Gasteiger partial charge in [0.05, 0.1) is 0 Å². The van der Waals surface area contributed by atoms with Crippen molar-refractivity contribution >= 4 is 15.9 Å². The van der Waals surface area contributed by atoms with E-state index in [9.17, 15) is 0 Å². The molecule has 1 rings (SSSR count). The van der Waals surface area contributed by atoms with Crippen LogP contribution in [0.1, 0.15) is 25.0 Å². The predicted molar refractivity (Wildman–Crippen MR) is 51.7 cm³/mol. The highest BCUT2D eigenvalue weighted by atomic mass is 79.9. The monoisotopic (exact) mass is 211 g/mol. The quantitative estimate of drug-likeness (QED) is 0.704. The van der Waals surface area contributed by atoms with Crippen molar-refractivity contribution in [2.45, 2.75) is 26.7 Å². The molecule has 0 amide bonds. The highest BCUT2D eigenvalue weighted by Gasteiger charge is 1.97. The van der Waals surface area contributed by atoms with Gasteiger partial charge in [-0.3, -0.25) is 0 Å². The molecule has 1 aromatic carbocycles. The smallest absolute Gasteiger partial charge is 0.0216 e. The Morgan fingerprint density at radius 2 is 2.09 bits per heavy atom. The number of rotatable bonds is 2. The van der Waals surface area contributed by atoms with E-state index in [4.69, 9.17) is 0 Å². The van der Waals surface area contributed by atoms with Crippen LogP contribution in [-0.2, 0) is 12.8 Å². The molecule has 0 N–H and O–H groups in total. The second-order valence-electron chi connectivity index (χ2n) is 2.54. The van der Waals surface area contributed by atoms with Gasteiger partial charge < -0.3 is 0 Å². The standard InChI is InChI=1S/C10H12Br/c1-3-8-5-6-9(4-2)10(11)7-8/h5,7H,3-4H2,1-2H3. The summed E-state index contributed by atoms with van der Waals surface area (Å²) in [6, 6.07) is 7.51. The molecule has 0 aliphatic rings. The Balaban J connectivity index is 2.99. The molecule has 0 aliphatic carbocycles. The lowest BCUT2D eigenvalue weighted by molar-refractivity contribution is 1.08. The van der Waals surface area contributed by atoms with Gasteiger partial charge in [0.25, 0.3) is 0 Å².